The van der Waals surface area contributed by atoms with Crippen LogP contribution in [0.2, 0.25) is 10.0 Å². The number of fused-ring (bicyclic) bond motifs is 4. The third kappa shape index (κ3) is 4.68. The highest BCUT2D eigenvalue weighted by molar-refractivity contribution is 9.10. The van der Waals surface area contributed by atoms with Gasteiger partial charge >= 0.3 is 6.18 Å². The summed E-state index contributed by atoms with van der Waals surface area (Å²) >= 11 is 15.9. The molecule has 3 heterocycles. The van der Waals surface area contributed by atoms with Gasteiger partial charge in [0.05, 0.1) is 33.8 Å². The van der Waals surface area contributed by atoms with Crippen LogP contribution in [0, 0.1) is 23.7 Å². The second kappa shape index (κ2) is 11.3. The quantitative estimate of drug-likeness (QED) is 0.230. The molecule has 1 saturated carbocycles. The van der Waals surface area contributed by atoms with Crippen molar-refractivity contribution in [2.75, 3.05) is 12.5 Å². The number of carbonyl (C=O) groups excluding carboxylic acids is 4. The molecule has 4 amide bonds. The first kappa shape index (κ1) is 32.6. The van der Waals surface area contributed by atoms with Gasteiger partial charge in [0.15, 0.2) is 5.82 Å². The van der Waals surface area contributed by atoms with E-state index in [4.69, 9.17) is 23.2 Å². The Morgan fingerprint density at radius 2 is 1.71 bits per heavy atom. The number of allylic oxidation sites excluding steroid dienone is 2. The lowest BCUT2D eigenvalue weighted by molar-refractivity contribution is -0.140. The Labute approximate surface area is 289 Å². The summed E-state index contributed by atoms with van der Waals surface area (Å²) in [4.78, 5) is 61.1. The van der Waals surface area contributed by atoms with E-state index in [-0.39, 0.29) is 35.9 Å². The first-order chi connectivity index (χ1) is 22.7. The summed E-state index contributed by atoms with van der Waals surface area (Å²) in [5.41, 5.74) is 0.978. The first-order valence-electron chi connectivity index (χ1n) is 14.8. The molecule has 3 aromatic rings. The van der Waals surface area contributed by atoms with Gasteiger partial charge in [-0.05, 0) is 60.7 Å². The first-order valence-corrected chi connectivity index (χ1v) is 16.3. The molecule has 0 spiro atoms. The van der Waals surface area contributed by atoms with Gasteiger partial charge in [0, 0.05) is 34.2 Å². The molecule has 2 aliphatic heterocycles. The molecule has 15 heteroatoms. The number of pyridine rings is 1. The van der Waals surface area contributed by atoms with E-state index in [1.165, 1.54) is 13.1 Å². The smallest absolute Gasteiger partial charge is 0.417 e. The zero-order valence-corrected chi connectivity index (χ0v) is 27.9. The van der Waals surface area contributed by atoms with Gasteiger partial charge in [-0.3, -0.25) is 29.5 Å². The van der Waals surface area contributed by atoms with Gasteiger partial charge in [-0.1, -0.05) is 62.9 Å². The van der Waals surface area contributed by atoms with E-state index in [9.17, 15) is 32.7 Å². The van der Waals surface area contributed by atoms with Gasteiger partial charge in [0.25, 0.3) is 11.8 Å². The molecule has 7 rings (SSSR count). The number of hydrogen-bond acceptors (Lipinski definition) is 7. The van der Waals surface area contributed by atoms with Crippen molar-refractivity contribution in [3.05, 3.63) is 97.6 Å². The normalized spacial score (nSPS) is 28.3. The van der Waals surface area contributed by atoms with E-state index in [0.29, 0.717) is 37.9 Å². The maximum absolute atomic E-state index is 15.1. The molecular weight excluding hydrogens is 740 g/mol. The SMILES string of the molecule is CN1C(=O)C2CC=C3C(CC4C(=O)N(Nc5ncc(C(F)(F)F)cc5Cl)C(=O)C4(c4ccc(Cl)cc4)C3c3cc(Br)ccc3O)C2C1=O. The number of hydrogen-bond donors (Lipinski definition) is 2. The number of alkyl halides is 3. The maximum Gasteiger partial charge on any atom is 0.417 e. The summed E-state index contributed by atoms with van der Waals surface area (Å²) in [6, 6.07) is 11.7. The molecule has 3 fully saturated rings. The fourth-order valence-electron chi connectivity index (χ4n) is 8.04. The van der Waals surface area contributed by atoms with Crippen LogP contribution in [0.25, 0.3) is 0 Å². The van der Waals surface area contributed by atoms with Gasteiger partial charge < -0.3 is 5.11 Å². The lowest BCUT2D eigenvalue weighted by Crippen LogP contribution is -2.53. The monoisotopic (exact) mass is 762 g/mol. The number of aromatic hydroxyl groups is 1. The number of halogens is 6. The predicted molar refractivity (Wildman–Crippen MR) is 170 cm³/mol. The molecule has 1 aromatic heterocycles. The number of anilines is 1. The van der Waals surface area contributed by atoms with Crippen molar-refractivity contribution in [2.45, 2.75) is 30.4 Å². The van der Waals surface area contributed by atoms with Gasteiger partial charge in [-0.25, -0.2) is 4.98 Å². The minimum absolute atomic E-state index is 0.0231. The van der Waals surface area contributed by atoms with Crippen molar-refractivity contribution in [1.29, 1.82) is 0 Å². The molecule has 48 heavy (non-hydrogen) atoms. The van der Waals surface area contributed by atoms with E-state index in [1.54, 1.807) is 36.4 Å². The highest BCUT2D eigenvalue weighted by atomic mass is 79.9. The van der Waals surface area contributed by atoms with E-state index in [0.717, 1.165) is 4.90 Å². The number of likely N-dealkylation sites (tertiary alicyclic amines) is 1. The number of nitrogens with zero attached hydrogens (tertiary/aromatic N) is 3. The lowest BCUT2D eigenvalue weighted by atomic mass is 9.49. The van der Waals surface area contributed by atoms with E-state index < -0.39 is 69.5 Å². The number of rotatable bonds is 4. The Kier molecular flexibility index (Phi) is 7.68. The van der Waals surface area contributed by atoms with Crippen LogP contribution in [-0.2, 0) is 30.8 Å². The van der Waals surface area contributed by atoms with Crippen molar-refractivity contribution in [3.63, 3.8) is 0 Å². The number of carbonyl (C=O) groups is 4. The Bertz CT molecular complexity index is 1960. The van der Waals surface area contributed by atoms with Crippen LogP contribution < -0.4 is 5.43 Å². The Morgan fingerprint density at radius 3 is 2.38 bits per heavy atom. The van der Waals surface area contributed by atoms with Crippen LogP contribution in [0.5, 0.6) is 5.75 Å². The number of benzene rings is 2. The number of aromatic nitrogens is 1. The molecule has 2 N–H and O–H groups in total. The molecule has 2 saturated heterocycles. The number of hydrazine groups is 1. The van der Waals surface area contributed by atoms with Crippen molar-refractivity contribution < 1.29 is 37.5 Å². The molecule has 248 valence electrons. The molecule has 2 aromatic carbocycles. The van der Waals surface area contributed by atoms with Crippen molar-refractivity contribution in [1.82, 2.24) is 14.9 Å². The topological polar surface area (TPSA) is 120 Å². The lowest BCUT2D eigenvalue weighted by Gasteiger charge is -2.50. The molecule has 6 unspecified atom stereocenters. The highest BCUT2D eigenvalue weighted by Crippen LogP contribution is 2.65. The molecule has 6 atom stereocenters. The maximum atomic E-state index is 15.1. The van der Waals surface area contributed by atoms with Gasteiger partial charge in [-0.2, -0.15) is 18.2 Å². The average molecular weight is 764 g/mol. The fraction of sp³-hybridized carbons (Fsp3) is 0.303. The summed E-state index contributed by atoms with van der Waals surface area (Å²) in [7, 11) is 1.41. The number of nitrogens with one attached hydrogen (secondary N) is 1. The molecular formula is C33H24BrCl2F3N4O5. The van der Waals surface area contributed by atoms with E-state index >= 15 is 4.79 Å². The van der Waals surface area contributed by atoms with Crippen molar-refractivity contribution in [2.24, 2.45) is 23.7 Å². The Hall–Kier alpha value is -3.94. The molecule has 0 radical (unpaired) electrons. The standard InChI is InChI=1S/C33H24BrCl2F3N4O5/c1-42-28(45)19-8-7-18-20(25(19)30(42)47)12-22-29(46)43(41-27-23(36)10-15(13-40-27)33(37,38)39)31(48)32(22,14-2-5-17(35)6-3-14)26(18)21-11-16(34)4-9-24(21)44/h2-7,9-11,13,19-20,22,25-26,44H,8,12H2,1H3,(H,40,41). The highest BCUT2D eigenvalue weighted by Gasteiger charge is 2.70. The van der Waals surface area contributed by atoms with Gasteiger partial charge in [0.2, 0.25) is 11.8 Å². The van der Waals surface area contributed by atoms with Crippen LogP contribution in [0.15, 0.2) is 70.8 Å². The summed E-state index contributed by atoms with van der Waals surface area (Å²) in [5, 5.41) is 11.9. The summed E-state index contributed by atoms with van der Waals surface area (Å²) in [6.45, 7) is 0. The minimum atomic E-state index is -4.74. The van der Waals surface area contributed by atoms with Crippen LogP contribution in [0.1, 0.15) is 35.4 Å². The fourth-order valence-corrected chi connectivity index (χ4v) is 8.75. The zero-order chi connectivity index (χ0) is 34.4. The van der Waals surface area contributed by atoms with Crippen LogP contribution in [0.3, 0.4) is 0 Å². The zero-order valence-electron chi connectivity index (χ0n) is 24.8. The number of phenolic OH excluding ortho intramolecular Hbond substituents is 1. The predicted octanol–water partition coefficient (Wildman–Crippen LogP) is 6.49. The third-order valence-corrected chi connectivity index (χ3v) is 11.1. The molecule has 4 aliphatic rings. The summed E-state index contributed by atoms with van der Waals surface area (Å²) in [5.74, 6) is -7.15. The summed E-state index contributed by atoms with van der Waals surface area (Å²) in [6.07, 6.45) is -2.20. The molecule has 0 bridgehead atoms. The van der Waals surface area contributed by atoms with Crippen molar-refractivity contribution >= 4 is 68.6 Å². The third-order valence-electron chi connectivity index (χ3n) is 10.1. The van der Waals surface area contributed by atoms with Crippen LogP contribution >= 0.6 is 39.1 Å². The largest absolute Gasteiger partial charge is 0.508 e. The average Bonchev–Trinajstić information content (AvgIpc) is 3.39. The number of amides is 4. The number of phenols is 1. The summed E-state index contributed by atoms with van der Waals surface area (Å²) < 4.78 is 40.6. The van der Waals surface area contributed by atoms with Crippen molar-refractivity contribution in [3.8, 4) is 5.75 Å². The van der Waals surface area contributed by atoms with Gasteiger partial charge in [-0.15, -0.1) is 0 Å². The van der Waals surface area contributed by atoms with E-state index in [2.05, 4.69) is 26.3 Å². The Balaban J connectivity index is 1.46. The number of imide groups is 2. The van der Waals surface area contributed by atoms with Crippen LogP contribution in [-0.4, -0.2) is 50.7 Å². The minimum Gasteiger partial charge on any atom is -0.508 e. The Morgan fingerprint density at radius 1 is 1.00 bits per heavy atom. The van der Waals surface area contributed by atoms with Crippen LogP contribution in [0.4, 0.5) is 19.0 Å². The second-order valence-electron chi connectivity index (χ2n) is 12.4. The van der Waals surface area contributed by atoms with E-state index in [1.807, 2.05) is 6.08 Å². The van der Waals surface area contributed by atoms with Gasteiger partial charge in [0.1, 0.15) is 5.75 Å². The second-order valence-corrected chi connectivity index (χ2v) is 14.1. The molecule has 2 aliphatic carbocycles. The molecule has 9 nitrogen and oxygen atoms in total.